The third-order valence-corrected chi connectivity index (χ3v) is 5.26. The summed E-state index contributed by atoms with van der Waals surface area (Å²) >= 11 is 0. The first-order valence-corrected chi connectivity index (χ1v) is 9.21. The standard InChI is InChI=1S/C21H23FN2O2.ClH/c22-18-7-3-4-8-20(18)26-17-9-11-24(12-10-17)21(25)19-13-15-5-1-2-6-16(15)14-23-19;/h1-8,17,19,23H,9-14H2;1H/t19-;/m1./s1. The Balaban J connectivity index is 0.00000210. The van der Waals surface area contributed by atoms with Crippen LogP contribution < -0.4 is 10.1 Å². The van der Waals surface area contributed by atoms with Crippen LogP contribution in [0.4, 0.5) is 4.39 Å². The lowest BCUT2D eigenvalue weighted by Crippen LogP contribution is -2.52. The summed E-state index contributed by atoms with van der Waals surface area (Å²) in [5.41, 5.74) is 2.52. The zero-order chi connectivity index (χ0) is 17.9. The molecular formula is C21H24ClFN2O2. The lowest BCUT2D eigenvalue weighted by atomic mass is 9.94. The molecule has 0 radical (unpaired) electrons. The van der Waals surface area contributed by atoms with Gasteiger partial charge in [0.1, 0.15) is 6.10 Å². The van der Waals surface area contributed by atoms with Gasteiger partial charge in [0, 0.05) is 32.5 Å². The number of nitrogens with zero attached hydrogens (tertiary/aromatic N) is 1. The number of benzene rings is 2. The van der Waals surface area contributed by atoms with Crippen molar-refractivity contribution >= 4 is 18.3 Å². The number of fused-ring (bicyclic) bond motifs is 1. The van der Waals surface area contributed by atoms with E-state index in [9.17, 15) is 9.18 Å². The average Bonchev–Trinajstić information content (AvgIpc) is 2.69. The van der Waals surface area contributed by atoms with Gasteiger partial charge in [-0.2, -0.15) is 0 Å². The van der Waals surface area contributed by atoms with E-state index in [1.54, 1.807) is 18.2 Å². The summed E-state index contributed by atoms with van der Waals surface area (Å²) in [6, 6.07) is 14.6. The molecule has 4 rings (SSSR count). The summed E-state index contributed by atoms with van der Waals surface area (Å²) in [7, 11) is 0. The Morgan fingerprint density at radius 2 is 1.70 bits per heavy atom. The molecule has 2 aliphatic heterocycles. The highest BCUT2D eigenvalue weighted by Gasteiger charge is 2.31. The molecule has 2 heterocycles. The maximum atomic E-state index is 13.7. The normalized spacial score (nSPS) is 19.7. The average molecular weight is 391 g/mol. The van der Waals surface area contributed by atoms with Gasteiger partial charge in [0.15, 0.2) is 11.6 Å². The molecule has 2 aromatic rings. The Hall–Kier alpha value is -2.11. The first-order valence-electron chi connectivity index (χ1n) is 9.21. The van der Waals surface area contributed by atoms with Crippen LogP contribution in [0.2, 0.25) is 0 Å². The number of hydrogen-bond acceptors (Lipinski definition) is 3. The van der Waals surface area contributed by atoms with Gasteiger partial charge in [-0.05, 0) is 29.7 Å². The molecule has 2 aromatic carbocycles. The van der Waals surface area contributed by atoms with Gasteiger partial charge in [0.25, 0.3) is 0 Å². The summed E-state index contributed by atoms with van der Waals surface area (Å²) in [6.07, 6.45) is 2.14. The number of piperidine rings is 1. The molecule has 6 heteroatoms. The molecule has 27 heavy (non-hydrogen) atoms. The number of halogens is 2. The smallest absolute Gasteiger partial charge is 0.240 e. The predicted molar refractivity (Wildman–Crippen MR) is 105 cm³/mol. The van der Waals surface area contributed by atoms with Crippen LogP contribution in [0.25, 0.3) is 0 Å². The number of carbonyl (C=O) groups is 1. The van der Waals surface area contributed by atoms with Crippen LogP contribution in [0.15, 0.2) is 48.5 Å². The molecule has 0 saturated carbocycles. The quantitative estimate of drug-likeness (QED) is 0.874. The van der Waals surface area contributed by atoms with E-state index in [1.807, 2.05) is 17.0 Å². The van der Waals surface area contributed by atoms with Gasteiger partial charge in [-0.25, -0.2) is 4.39 Å². The Kier molecular flexibility index (Phi) is 6.34. The van der Waals surface area contributed by atoms with Crippen molar-refractivity contribution in [3.63, 3.8) is 0 Å². The molecule has 1 amide bonds. The molecule has 1 atom stereocenters. The first kappa shape index (κ1) is 19.6. The minimum absolute atomic E-state index is 0. The molecule has 0 spiro atoms. The van der Waals surface area contributed by atoms with Crippen LogP contribution in [0, 0.1) is 5.82 Å². The molecule has 2 aliphatic rings. The van der Waals surface area contributed by atoms with Gasteiger partial charge >= 0.3 is 0 Å². The Labute approximate surface area is 165 Å². The fraction of sp³-hybridized carbons (Fsp3) is 0.381. The van der Waals surface area contributed by atoms with Crippen molar-refractivity contribution in [2.45, 2.75) is 38.0 Å². The van der Waals surface area contributed by atoms with Crippen LogP contribution in [-0.2, 0) is 17.8 Å². The van der Waals surface area contributed by atoms with E-state index in [1.165, 1.54) is 17.2 Å². The van der Waals surface area contributed by atoms with Crippen molar-refractivity contribution in [2.75, 3.05) is 13.1 Å². The number of para-hydroxylation sites is 1. The highest BCUT2D eigenvalue weighted by atomic mass is 35.5. The number of likely N-dealkylation sites (tertiary alicyclic amines) is 1. The zero-order valence-corrected chi connectivity index (χ0v) is 15.9. The minimum atomic E-state index is -0.337. The van der Waals surface area contributed by atoms with E-state index in [4.69, 9.17) is 4.74 Å². The molecular weight excluding hydrogens is 367 g/mol. The molecule has 1 N–H and O–H groups in total. The van der Waals surface area contributed by atoms with Gasteiger partial charge in [0.2, 0.25) is 5.91 Å². The molecule has 0 unspecified atom stereocenters. The topological polar surface area (TPSA) is 41.6 Å². The summed E-state index contributed by atoms with van der Waals surface area (Å²) in [5, 5.41) is 3.36. The second-order valence-electron chi connectivity index (χ2n) is 6.98. The number of amides is 1. The summed E-state index contributed by atoms with van der Waals surface area (Å²) in [6.45, 7) is 2.04. The van der Waals surface area contributed by atoms with Crippen LogP contribution in [0.3, 0.4) is 0 Å². The van der Waals surface area contributed by atoms with Crippen molar-refractivity contribution in [3.05, 3.63) is 65.5 Å². The second kappa shape index (κ2) is 8.72. The van der Waals surface area contributed by atoms with E-state index in [-0.39, 0.29) is 36.3 Å². The van der Waals surface area contributed by atoms with E-state index < -0.39 is 0 Å². The number of rotatable bonds is 3. The SMILES string of the molecule is Cl.O=C([C@H]1Cc2ccccc2CN1)N1CCC(Oc2ccccc2F)CC1. The number of ether oxygens (including phenoxy) is 1. The van der Waals surface area contributed by atoms with Crippen molar-refractivity contribution in [2.24, 2.45) is 0 Å². The predicted octanol–water partition coefficient (Wildman–Crippen LogP) is 3.33. The molecule has 1 fully saturated rings. The Morgan fingerprint density at radius 3 is 2.44 bits per heavy atom. The summed E-state index contributed by atoms with van der Waals surface area (Å²) < 4.78 is 19.5. The van der Waals surface area contributed by atoms with Crippen LogP contribution in [0.1, 0.15) is 24.0 Å². The lowest BCUT2D eigenvalue weighted by Gasteiger charge is -2.36. The Morgan fingerprint density at radius 1 is 1.04 bits per heavy atom. The van der Waals surface area contributed by atoms with Crippen molar-refractivity contribution < 1.29 is 13.9 Å². The summed E-state index contributed by atoms with van der Waals surface area (Å²) in [4.78, 5) is 14.8. The molecule has 144 valence electrons. The molecule has 0 aromatic heterocycles. The minimum Gasteiger partial charge on any atom is -0.487 e. The Bertz CT molecular complexity index is 793. The molecule has 4 nitrogen and oxygen atoms in total. The lowest BCUT2D eigenvalue weighted by molar-refractivity contribution is -0.135. The van der Waals surface area contributed by atoms with Crippen LogP contribution in [-0.4, -0.2) is 36.0 Å². The molecule has 0 bridgehead atoms. The first-order chi connectivity index (χ1) is 12.7. The van der Waals surface area contributed by atoms with Crippen LogP contribution >= 0.6 is 12.4 Å². The van der Waals surface area contributed by atoms with Crippen molar-refractivity contribution in [1.29, 1.82) is 0 Å². The van der Waals surface area contributed by atoms with E-state index in [2.05, 4.69) is 17.4 Å². The fourth-order valence-corrected chi connectivity index (χ4v) is 3.76. The molecule has 1 saturated heterocycles. The maximum absolute atomic E-state index is 13.7. The van der Waals surface area contributed by atoms with Gasteiger partial charge < -0.3 is 15.0 Å². The van der Waals surface area contributed by atoms with Crippen molar-refractivity contribution in [3.8, 4) is 5.75 Å². The number of hydrogen-bond donors (Lipinski definition) is 1. The monoisotopic (exact) mass is 390 g/mol. The number of nitrogens with one attached hydrogen (secondary N) is 1. The third-order valence-electron chi connectivity index (χ3n) is 5.26. The third kappa shape index (κ3) is 4.42. The molecule has 0 aliphatic carbocycles. The van der Waals surface area contributed by atoms with E-state index in [0.717, 1.165) is 25.8 Å². The largest absolute Gasteiger partial charge is 0.487 e. The highest BCUT2D eigenvalue weighted by Crippen LogP contribution is 2.23. The van der Waals surface area contributed by atoms with Crippen molar-refractivity contribution in [1.82, 2.24) is 10.2 Å². The highest BCUT2D eigenvalue weighted by molar-refractivity contribution is 5.85. The van der Waals surface area contributed by atoms with Gasteiger partial charge in [-0.1, -0.05) is 36.4 Å². The van der Waals surface area contributed by atoms with Gasteiger partial charge in [-0.3, -0.25) is 4.79 Å². The fourth-order valence-electron chi connectivity index (χ4n) is 3.76. The van der Waals surface area contributed by atoms with Gasteiger partial charge in [-0.15, -0.1) is 12.4 Å². The van der Waals surface area contributed by atoms with E-state index in [0.29, 0.717) is 18.8 Å². The number of carbonyl (C=O) groups excluding carboxylic acids is 1. The summed E-state index contributed by atoms with van der Waals surface area (Å²) in [5.74, 6) is 0.114. The van der Waals surface area contributed by atoms with E-state index >= 15 is 0 Å². The second-order valence-corrected chi connectivity index (χ2v) is 6.98. The van der Waals surface area contributed by atoms with Crippen LogP contribution in [0.5, 0.6) is 5.75 Å². The maximum Gasteiger partial charge on any atom is 0.240 e. The van der Waals surface area contributed by atoms with Gasteiger partial charge in [0.05, 0.1) is 6.04 Å². The zero-order valence-electron chi connectivity index (χ0n) is 15.1.